The maximum Gasteiger partial charge on any atom is 0.148 e. The zero-order valence-electron chi connectivity index (χ0n) is 10.5. The van der Waals surface area contributed by atoms with Crippen molar-refractivity contribution in [1.29, 1.82) is 0 Å². The third-order valence-electron chi connectivity index (χ3n) is 3.00. The van der Waals surface area contributed by atoms with Crippen molar-refractivity contribution < 1.29 is 19.3 Å². The van der Waals surface area contributed by atoms with Gasteiger partial charge >= 0.3 is 0 Å². The van der Waals surface area contributed by atoms with Crippen LogP contribution >= 0.6 is 0 Å². The molecule has 0 aromatic heterocycles. The molecule has 0 aliphatic carbocycles. The number of benzene rings is 1. The Balaban J connectivity index is 3.10. The zero-order valence-corrected chi connectivity index (χ0v) is 10.5. The molecule has 1 aromatic carbocycles. The lowest BCUT2D eigenvalue weighted by Crippen LogP contribution is -2.45. The summed E-state index contributed by atoms with van der Waals surface area (Å²) >= 11 is 0. The highest BCUT2D eigenvalue weighted by Crippen LogP contribution is 2.30. The Kier molecular flexibility index (Phi) is 4.75. The number of ether oxygens (including phenoxy) is 1. The zero-order chi connectivity index (χ0) is 13.8. The van der Waals surface area contributed by atoms with Crippen LogP contribution in [0.1, 0.15) is 13.3 Å². The normalized spacial score (nSPS) is 11.4. The average Bonchev–Trinajstić information content (AvgIpc) is 2.38. The van der Waals surface area contributed by atoms with Crippen molar-refractivity contribution in [3.05, 3.63) is 17.9 Å². The fourth-order valence-electron chi connectivity index (χ4n) is 1.57. The van der Waals surface area contributed by atoms with Crippen LogP contribution in [-0.4, -0.2) is 36.1 Å². The number of anilines is 2. The predicted octanol–water partition coefficient (Wildman–Crippen LogP) is 0.962. The van der Waals surface area contributed by atoms with Gasteiger partial charge in [0.15, 0.2) is 0 Å². The average molecular weight is 258 g/mol. The number of aliphatic hydroxyl groups is 2. The molecule has 0 saturated carbocycles. The van der Waals surface area contributed by atoms with Crippen molar-refractivity contribution in [2.24, 2.45) is 0 Å². The molecule has 5 N–H and O–H groups in total. The van der Waals surface area contributed by atoms with Gasteiger partial charge in [0.05, 0.1) is 37.2 Å². The maximum absolute atomic E-state index is 13.7. The Hall–Kier alpha value is -1.53. The van der Waals surface area contributed by atoms with E-state index in [0.717, 1.165) is 6.07 Å². The Morgan fingerprint density at radius 2 is 2.00 bits per heavy atom. The number of methoxy groups -OCH3 is 1. The van der Waals surface area contributed by atoms with Gasteiger partial charge < -0.3 is 26.0 Å². The lowest BCUT2D eigenvalue weighted by Gasteiger charge is -2.31. The van der Waals surface area contributed by atoms with Gasteiger partial charge in [-0.25, -0.2) is 4.39 Å². The number of nitrogens with one attached hydrogen (secondary N) is 1. The van der Waals surface area contributed by atoms with E-state index in [1.165, 1.54) is 13.2 Å². The minimum Gasteiger partial charge on any atom is -0.495 e. The number of rotatable bonds is 6. The first-order chi connectivity index (χ1) is 8.51. The van der Waals surface area contributed by atoms with Gasteiger partial charge in [-0.05, 0) is 6.42 Å². The van der Waals surface area contributed by atoms with E-state index in [-0.39, 0.29) is 24.6 Å². The van der Waals surface area contributed by atoms with Crippen LogP contribution in [0.3, 0.4) is 0 Å². The van der Waals surface area contributed by atoms with E-state index >= 15 is 0 Å². The second-order valence-electron chi connectivity index (χ2n) is 4.15. The fraction of sp³-hybridized carbons (Fsp3) is 0.500. The van der Waals surface area contributed by atoms with Gasteiger partial charge in [-0.15, -0.1) is 0 Å². The summed E-state index contributed by atoms with van der Waals surface area (Å²) in [7, 11) is 1.43. The lowest BCUT2D eigenvalue weighted by molar-refractivity contribution is 0.132. The Morgan fingerprint density at radius 1 is 1.39 bits per heavy atom. The van der Waals surface area contributed by atoms with E-state index in [1.54, 1.807) is 6.92 Å². The van der Waals surface area contributed by atoms with E-state index < -0.39 is 11.4 Å². The summed E-state index contributed by atoms with van der Waals surface area (Å²) in [5, 5.41) is 21.4. The van der Waals surface area contributed by atoms with E-state index in [9.17, 15) is 14.6 Å². The van der Waals surface area contributed by atoms with Gasteiger partial charge in [0.2, 0.25) is 0 Å². The van der Waals surface area contributed by atoms with Crippen molar-refractivity contribution in [3.8, 4) is 5.75 Å². The number of hydrogen-bond donors (Lipinski definition) is 4. The van der Waals surface area contributed by atoms with E-state index in [4.69, 9.17) is 10.5 Å². The minimum absolute atomic E-state index is 0.131. The first-order valence-electron chi connectivity index (χ1n) is 5.64. The third kappa shape index (κ3) is 2.83. The SMILES string of the molecule is CCC(CO)(CO)Nc1cc(OC)c(N)cc1F. The molecule has 102 valence electrons. The Bertz CT molecular complexity index is 400. The van der Waals surface area contributed by atoms with Crippen LogP contribution in [0.25, 0.3) is 0 Å². The van der Waals surface area contributed by atoms with Crippen LogP contribution in [0.2, 0.25) is 0 Å². The molecule has 1 rings (SSSR count). The van der Waals surface area contributed by atoms with Crippen LogP contribution in [0.15, 0.2) is 12.1 Å². The molecule has 0 unspecified atom stereocenters. The second-order valence-corrected chi connectivity index (χ2v) is 4.15. The molecular weight excluding hydrogens is 239 g/mol. The number of hydrogen-bond acceptors (Lipinski definition) is 5. The highest BCUT2D eigenvalue weighted by atomic mass is 19.1. The Morgan fingerprint density at radius 3 is 2.44 bits per heavy atom. The molecule has 0 heterocycles. The molecule has 0 atom stereocenters. The number of nitrogen functional groups attached to an aromatic ring is 1. The number of nitrogens with two attached hydrogens (primary N) is 1. The van der Waals surface area contributed by atoms with Crippen molar-refractivity contribution in [3.63, 3.8) is 0 Å². The second kappa shape index (κ2) is 5.88. The molecule has 6 heteroatoms. The van der Waals surface area contributed by atoms with Crippen molar-refractivity contribution in [1.82, 2.24) is 0 Å². The number of aliphatic hydroxyl groups excluding tert-OH is 2. The summed E-state index contributed by atoms with van der Waals surface area (Å²) in [6, 6.07) is 2.54. The lowest BCUT2D eigenvalue weighted by atomic mass is 9.98. The summed E-state index contributed by atoms with van der Waals surface area (Å²) in [6.07, 6.45) is 0.437. The van der Waals surface area contributed by atoms with Crippen LogP contribution in [0.5, 0.6) is 5.75 Å². The molecule has 0 bridgehead atoms. The first-order valence-corrected chi connectivity index (χ1v) is 5.64. The molecule has 0 amide bonds. The van der Waals surface area contributed by atoms with Gasteiger partial charge in [-0.2, -0.15) is 0 Å². The number of halogens is 1. The summed E-state index contributed by atoms with van der Waals surface area (Å²) in [5.41, 5.74) is 4.92. The standard InChI is InChI=1S/C12H19FN2O3/c1-3-12(6-16,7-17)15-10-5-11(18-2)9(14)4-8(10)13/h4-5,15-17H,3,6-7,14H2,1-2H3. The quantitative estimate of drug-likeness (QED) is 0.571. The smallest absolute Gasteiger partial charge is 0.148 e. The molecule has 0 aliphatic heterocycles. The van der Waals surface area contributed by atoms with Crippen molar-refractivity contribution in [2.45, 2.75) is 18.9 Å². The molecule has 1 aromatic rings. The molecule has 0 fully saturated rings. The monoisotopic (exact) mass is 258 g/mol. The maximum atomic E-state index is 13.7. The van der Waals surface area contributed by atoms with Crippen molar-refractivity contribution in [2.75, 3.05) is 31.4 Å². The summed E-state index contributed by atoms with van der Waals surface area (Å²) in [4.78, 5) is 0. The summed E-state index contributed by atoms with van der Waals surface area (Å²) in [6.45, 7) is 1.16. The Labute approximate surface area is 105 Å². The molecule has 0 saturated heterocycles. The van der Waals surface area contributed by atoms with Gasteiger partial charge in [0.1, 0.15) is 11.6 Å². The topological polar surface area (TPSA) is 87.7 Å². The highest BCUT2D eigenvalue weighted by Gasteiger charge is 2.27. The molecule has 0 radical (unpaired) electrons. The van der Waals surface area contributed by atoms with Crippen LogP contribution < -0.4 is 15.8 Å². The van der Waals surface area contributed by atoms with Gasteiger partial charge in [-0.3, -0.25) is 0 Å². The minimum atomic E-state index is -0.970. The van der Waals surface area contributed by atoms with Crippen molar-refractivity contribution >= 4 is 11.4 Å². The largest absolute Gasteiger partial charge is 0.495 e. The highest BCUT2D eigenvalue weighted by molar-refractivity contribution is 5.63. The molecule has 18 heavy (non-hydrogen) atoms. The summed E-state index contributed by atoms with van der Waals surface area (Å²) < 4.78 is 18.7. The van der Waals surface area contributed by atoms with Crippen LogP contribution in [-0.2, 0) is 0 Å². The molecule has 0 spiro atoms. The molecule has 5 nitrogen and oxygen atoms in total. The van der Waals surface area contributed by atoms with Gasteiger partial charge in [-0.1, -0.05) is 6.92 Å². The molecule has 0 aliphatic rings. The van der Waals surface area contributed by atoms with Gasteiger partial charge in [0, 0.05) is 12.1 Å². The van der Waals surface area contributed by atoms with E-state index in [0.29, 0.717) is 12.2 Å². The van der Waals surface area contributed by atoms with E-state index in [1.807, 2.05) is 0 Å². The third-order valence-corrected chi connectivity index (χ3v) is 3.00. The van der Waals surface area contributed by atoms with E-state index in [2.05, 4.69) is 5.32 Å². The predicted molar refractivity (Wildman–Crippen MR) is 68.2 cm³/mol. The first kappa shape index (κ1) is 14.5. The van der Waals surface area contributed by atoms with Gasteiger partial charge in [0.25, 0.3) is 0 Å². The van der Waals surface area contributed by atoms with Crippen LogP contribution in [0, 0.1) is 5.82 Å². The fourth-order valence-corrected chi connectivity index (χ4v) is 1.57. The summed E-state index contributed by atoms with van der Waals surface area (Å²) in [5.74, 6) is -0.229. The molecular formula is C12H19FN2O3. The van der Waals surface area contributed by atoms with Crippen LogP contribution in [0.4, 0.5) is 15.8 Å².